The van der Waals surface area contributed by atoms with Gasteiger partial charge in [-0.15, -0.1) is 0 Å². The smallest absolute Gasteiger partial charge is 0.315 e. The van der Waals surface area contributed by atoms with Gasteiger partial charge in [0, 0.05) is 30.9 Å². The lowest BCUT2D eigenvalue weighted by Crippen LogP contribution is -2.45. The highest BCUT2D eigenvalue weighted by atomic mass is 32.2. The molecule has 0 atom stereocenters. The van der Waals surface area contributed by atoms with Crippen molar-refractivity contribution in [1.29, 1.82) is 0 Å². The first-order chi connectivity index (χ1) is 10.3. The molecule has 2 N–H and O–H groups in total. The molecule has 122 valence electrons. The second-order valence-corrected chi connectivity index (χ2v) is 7.92. The Hall–Kier alpha value is -1.83. The SMILES string of the molecule is Cc1ccc(CNC(=O)NC2CCS(=O)(=O)CC2)c(=O)n1C. The summed E-state index contributed by atoms with van der Waals surface area (Å²) >= 11 is 0. The van der Waals surface area contributed by atoms with E-state index in [0.717, 1.165) is 5.69 Å². The molecule has 1 saturated heterocycles. The number of sulfone groups is 1. The maximum Gasteiger partial charge on any atom is 0.315 e. The number of urea groups is 1. The zero-order chi connectivity index (χ0) is 16.3. The summed E-state index contributed by atoms with van der Waals surface area (Å²) in [6, 6.07) is 3.00. The maximum atomic E-state index is 12.0. The van der Waals surface area contributed by atoms with Crippen molar-refractivity contribution in [2.45, 2.75) is 32.4 Å². The summed E-state index contributed by atoms with van der Waals surface area (Å²) < 4.78 is 24.2. The van der Waals surface area contributed by atoms with Gasteiger partial charge in [0.2, 0.25) is 0 Å². The van der Waals surface area contributed by atoms with E-state index in [4.69, 9.17) is 0 Å². The van der Waals surface area contributed by atoms with Crippen LogP contribution in [0, 0.1) is 6.92 Å². The number of amides is 2. The average molecular weight is 327 g/mol. The molecule has 0 radical (unpaired) electrons. The van der Waals surface area contributed by atoms with Gasteiger partial charge in [0.15, 0.2) is 0 Å². The average Bonchev–Trinajstić information content (AvgIpc) is 2.46. The minimum absolute atomic E-state index is 0.108. The van der Waals surface area contributed by atoms with E-state index in [1.54, 1.807) is 13.1 Å². The molecule has 0 spiro atoms. The van der Waals surface area contributed by atoms with Crippen LogP contribution in [-0.2, 0) is 23.4 Å². The van der Waals surface area contributed by atoms with E-state index in [9.17, 15) is 18.0 Å². The molecular formula is C14H21N3O4S. The van der Waals surface area contributed by atoms with E-state index in [1.807, 2.05) is 13.0 Å². The van der Waals surface area contributed by atoms with Crippen LogP contribution >= 0.6 is 0 Å². The summed E-state index contributed by atoms with van der Waals surface area (Å²) in [6.45, 7) is 1.98. The Kier molecular flexibility index (Phi) is 4.90. The highest BCUT2D eigenvalue weighted by Gasteiger charge is 2.24. The molecule has 2 rings (SSSR count). The van der Waals surface area contributed by atoms with Crippen molar-refractivity contribution in [1.82, 2.24) is 15.2 Å². The van der Waals surface area contributed by atoms with E-state index in [2.05, 4.69) is 10.6 Å². The molecule has 1 fully saturated rings. The molecule has 8 heteroatoms. The van der Waals surface area contributed by atoms with Gasteiger partial charge in [-0.05, 0) is 25.8 Å². The third kappa shape index (κ3) is 4.09. The monoisotopic (exact) mass is 327 g/mol. The lowest BCUT2D eigenvalue weighted by atomic mass is 10.1. The number of carbonyl (C=O) groups excluding carboxylic acids is 1. The Balaban J connectivity index is 1.86. The zero-order valence-corrected chi connectivity index (χ0v) is 13.6. The van der Waals surface area contributed by atoms with E-state index >= 15 is 0 Å². The normalized spacial score (nSPS) is 17.9. The summed E-state index contributed by atoms with van der Waals surface area (Å²) in [5, 5.41) is 5.39. The highest BCUT2D eigenvalue weighted by Crippen LogP contribution is 2.11. The fraction of sp³-hybridized carbons (Fsp3) is 0.571. The minimum Gasteiger partial charge on any atom is -0.335 e. The number of aryl methyl sites for hydroxylation is 1. The third-order valence-corrected chi connectivity index (χ3v) is 5.68. The van der Waals surface area contributed by atoms with Gasteiger partial charge in [-0.3, -0.25) is 4.79 Å². The molecule has 1 aliphatic heterocycles. The van der Waals surface area contributed by atoms with Crippen LogP contribution < -0.4 is 16.2 Å². The van der Waals surface area contributed by atoms with Gasteiger partial charge in [-0.2, -0.15) is 0 Å². The summed E-state index contributed by atoms with van der Waals surface area (Å²) in [5.41, 5.74) is 1.22. The topological polar surface area (TPSA) is 97.3 Å². The molecule has 1 aromatic heterocycles. The molecule has 2 heterocycles. The van der Waals surface area contributed by atoms with Crippen LogP contribution in [0.25, 0.3) is 0 Å². The second-order valence-electron chi connectivity index (χ2n) is 5.62. The minimum atomic E-state index is -2.94. The zero-order valence-electron chi connectivity index (χ0n) is 12.8. The molecule has 22 heavy (non-hydrogen) atoms. The van der Waals surface area contributed by atoms with Crippen molar-refractivity contribution in [2.24, 2.45) is 7.05 Å². The molecule has 0 bridgehead atoms. The largest absolute Gasteiger partial charge is 0.335 e. The molecular weight excluding hydrogens is 306 g/mol. The van der Waals surface area contributed by atoms with Gasteiger partial charge >= 0.3 is 6.03 Å². The van der Waals surface area contributed by atoms with Crippen LogP contribution in [0.2, 0.25) is 0 Å². The summed E-state index contributed by atoms with van der Waals surface area (Å²) in [6.07, 6.45) is 0.865. The number of rotatable bonds is 3. The second kappa shape index (κ2) is 6.51. The van der Waals surface area contributed by atoms with Gasteiger partial charge < -0.3 is 15.2 Å². The molecule has 0 unspecified atom stereocenters. The van der Waals surface area contributed by atoms with Gasteiger partial charge in [0.1, 0.15) is 9.84 Å². The highest BCUT2D eigenvalue weighted by molar-refractivity contribution is 7.91. The first-order valence-corrected chi connectivity index (χ1v) is 9.01. The molecule has 1 aliphatic rings. The number of nitrogens with one attached hydrogen (secondary N) is 2. The van der Waals surface area contributed by atoms with Gasteiger partial charge in [-0.1, -0.05) is 6.07 Å². The van der Waals surface area contributed by atoms with E-state index in [1.165, 1.54) is 4.57 Å². The van der Waals surface area contributed by atoms with Crippen LogP contribution in [0.5, 0.6) is 0 Å². The molecule has 0 saturated carbocycles. The predicted molar refractivity (Wildman–Crippen MR) is 83.5 cm³/mol. The van der Waals surface area contributed by atoms with Crippen molar-refractivity contribution in [2.75, 3.05) is 11.5 Å². The third-order valence-electron chi connectivity index (χ3n) is 3.96. The van der Waals surface area contributed by atoms with E-state index in [0.29, 0.717) is 18.4 Å². The molecule has 2 amide bonds. The van der Waals surface area contributed by atoms with Gasteiger partial charge in [0.05, 0.1) is 11.5 Å². The van der Waals surface area contributed by atoms with Gasteiger partial charge in [-0.25, -0.2) is 13.2 Å². The fourth-order valence-electron chi connectivity index (χ4n) is 2.36. The van der Waals surface area contributed by atoms with Crippen molar-refractivity contribution in [3.63, 3.8) is 0 Å². The fourth-order valence-corrected chi connectivity index (χ4v) is 3.85. The first-order valence-electron chi connectivity index (χ1n) is 7.19. The van der Waals surface area contributed by atoms with E-state index in [-0.39, 0.29) is 35.7 Å². The van der Waals surface area contributed by atoms with Crippen LogP contribution in [0.15, 0.2) is 16.9 Å². The molecule has 0 aliphatic carbocycles. The van der Waals surface area contributed by atoms with Crippen molar-refractivity contribution in [3.8, 4) is 0 Å². The lowest BCUT2D eigenvalue weighted by molar-refractivity contribution is 0.235. The molecule has 1 aromatic rings. The number of pyridine rings is 1. The van der Waals surface area contributed by atoms with Crippen molar-refractivity contribution < 1.29 is 13.2 Å². The first kappa shape index (κ1) is 16.5. The Morgan fingerprint density at radius 2 is 1.95 bits per heavy atom. The van der Waals surface area contributed by atoms with Crippen LogP contribution in [0.4, 0.5) is 4.79 Å². The van der Waals surface area contributed by atoms with Crippen LogP contribution in [-0.4, -0.2) is 36.6 Å². The van der Waals surface area contributed by atoms with Crippen LogP contribution in [0.1, 0.15) is 24.1 Å². The lowest BCUT2D eigenvalue weighted by Gasteiger charge is -2.23. The Labute approximate surface area is 129 Å². The Bertz CT molecular complexity index is 710. The number of hydrogen-bond donors (Lipinski definition) is 2. The summed E-state index contributed by atoms with van der Waals surface area (Å²) in [4.78, 5) is 23.8. The summed E-state index contributed by atoms with van der Waals surface area (Å²) in [7, 11) is -1.25. The predicted octanol–water partition coefficient (Wildman–Crippen LogP) is 0.0701. The van der Waals surface area contributed by atoms with Crippen molar-refractivity contribution in [3.05, 3.63) is 33.7 Å². The number of nitrogens with zero attached hydrogens (tertiary/aromatic N) is 1. The number of hydrogen-bond acceptors (Lipinski definition) is 4. The standard InChI is InChI=1S/C14H21N3O4S/c1-10-3-4-11(13(18)17(10)2)9-15-14(19)16-12-5-7-22(20,21)8-6-12/h3-4,12H,5-9H2,1-2H3,(H2,15,16,19). The van der Waals surface area contributed by atoms with E-state index < -0.39 is 9.84 Å². The van der Waals surface area contributed by atoms with Gasteiger partial charge in [0.25, 0.3) is 5.56 Å². The number of aromatic nitrogens is 1. The summed E-state index contributed by atoms with van der Waals surface area (Å²) in [5.74, 6) is 0.215. The quantitative estimate of drug-likeness (QED) is 0.821. The number of carbonyl (C=O) groups is 1. The van der Waals surface area contributed by atoms with Crippen LogP contribution in [0.3, 0.4) is 0 Å². The Morgan fingerprint density at radius 1 is 1.32 bits per heavy atom. The van der Waals surface area contributed by atoms with Crippen molar-refractivity contribution >= 4 is 15.9 Å². The molecule has 0 aromatic carbocycles. The maximum absolute atomic E-state index is 12.0. The Morgan fingerprint density at radius 3 is 2.59 bits per heavy atom. The molecule has 7 nitrogen and oxygen atoms in total.